The molecule has 0 bridgehead atoms. The lowest BCUT2D eigenvalue weighted by Gasteiger charge is -2.03. The number of unbranched alkanes of at least 4 members (excludes halogenated alkanes) is 17. The summed E-state index contributed by atoms with van der Waals surface area (Å²) in [6.45, 7) is 2.30. The van der Waals surface area contributed by atoms with Gasteiger partial charge in [-0.05, 0) is 35.2 Å². The van der Waals surface area contributed by atoms with Gasteiger partial charge in [-0.3, -0.25) is 0 Å². The van der Waals surface area contributed by atoms with Gasteiger partial charge in [0.25, 0.3) is 0 Å². The molecule has 0 N–H and O–H groups in total. The zero-order valence-electron chi connectivity index (χ0n) is 20.4. The van der Waals surface area contributed by atoms with Crippen molar-refractivity contribution in [2.45, 2.75) is 122 Å². The van der Waals surface area contributed by atoms with Crippen molar-refractivity contribution in [2.75, 3.05) is 0 Å². The first-order valence-corrected chi connectivity index (χ1v) is 13.6. The molecular weight excluding hydrogens is 372 g/mol. The summed E-state index contributed by atoms with van der Waals surface area (Å²) in [6, 6.07) is 15.4. The molecule has 0 fully saturated rings. The lowest BCUT2D eigenvalue weighted by molar-refractivity contribution is 0.527. The molecule has 2 rings (SSSR count). The van der Waals surface area contributed by atoms with E-state index >= 15 is 0 Å². The molecule has 0 aliphatic carbocycles. The number of hydrogen-bond acceptors (Lipinski definition) is 0. The van der Waals surface area contributed by atoms with E-state index in [1.807, 2.05) is 0 Å². The van der Waals surface area contributed by atoms with E-state index in [9.17, 15) is 0 Å². The maximum absolute atomic E-state index is 2.36. The van der Waals surface area contributed by atoms with Crippen LogP contribution in [0.4, 0.5) is 0 Å². The number of fused-ring (bicyclic) bond motifs is 1. The quantitative estimate of drug-likeness (QED) is 0.198. The number of rotatable bonds is 19. The highest BCUT2D eigenvalue weighted by molar-refractivity contribution is 5.84. The lowest BCUT2D eigenvalue weighted by Crippen LogP contribution is -1.83. The molecule has 0 saturated carbocycles. The summed E-state index contributed by atoms with van der Waals surface area (Å²) < 4.78 is 0. The van der Waals surface area contributed by atoms with Gasteiger partial charge in [-0.25, -0.2) is 0 Å². The molecule has 0 saturated heterocycles. The van der Waals surface area contributed by atoms with E-state index in [1.54, 1.807) is 0 Å². The lowest BCUT2D eigenvalue weighted by atomic mass is 10.0. The molecule has 31 heavy (non-hydrogen) atoms. The molecule has 0 aliphatic rings. The van der Waals surface area contributed by atoms with Crippen LogP contribution in [0.5, 0.6) is 0 Å². The molecular formula is C31H48. The maximum atomic E-state index is 2.36. The van der Waals surface area contributed by atoms with E-state index in [0.717, 1.165) is 0 Å². The van der Waals surface area contributed by atoms with Crippen molar-refractivity contribution in [1.29, 1.82) is 0 Å². The predicted molar refractivity (Wildman–Crippen MR) is 142 cm³/mol. The smallest absolute Gasteiger partial charge is 0.0178 e. The minimum atomic E-state index is 1.21. The van der Waals surface area contributed by atoms with Crippen LogP contribution in [-0.4, -0.2) is 0 Å². The largest absolute Gasteiger partial charge is 0.0839 e. The van der Waals surface area contributed by atoms with Crippen LogP contribution in [0.25, 0.3) is 16.8 Å². The number of benzene rings is 2. The summed E-state index contributed by atoms with van der Waals surface area (Å²) in [5.74, 6) is 0. The molecule has 2 aromatic rings. The first-order valence-electron chi connectivity index (χ1n) is 13.6. The van der Waals surface area contributed by atoms with Crippen molar-refractivity contribution >= 4 is 16.8 Å². The highest BCUT2D eigenvalue weighted by atomic mass is 14.0. The summed E-state index contributed by atoms with van der Waals surface area (Å²) in [7, 11) is 0. The van der Waals surface area contributed by atoms with Gasteiger partial charge in [0.2, 0.25) is 0 Å². The Morgan fingerprint density at radius 3 is 1.55 bits per heavy atom. The maximum Gasteiger partial charge on any atom is -0.0178 e. The number of hydrogen-bond donors (Lipinski definition) is 0. The van der Waals surface area contributed by atoms with Gasteiger partial charge >= 0.3 is 0 Å². The van der Waals surface area contributed by atoms with Crippen LogP contribution in [0.2, 0.25) is 0 Å². The third kappa shape index (κ3) is 12.8. The van der Waals surface area contributed by atoms with Crippen molar-refractivity contribution in [3.05, 3.63) is 54.1 Å². The third-order valence-corrected chi connectivity index (χ3v) is 6.56. The van der Waals surface area contributed by atoms with Crippen LogP contribution in [0.1, 0.15) is 128 Å². The molecule has 0 spiro atoms. The van der Waals surface area contributed by atoms with Gasteiger partial charge in [-0.15, -0.1) is 0 Å². The van der Waals surface area contributed by atoms with Crippen LogP contribution in [0.15, 0.2) is 48.5 Å². The van der Waals surface area contributed by atoms with Gasteiger partial charge in [-0.2, -0.15) is 0 Å². The molecule has 0 radical (unpaired) electrons. The second-order valence-electron chi connectivity index (χ2n) is 9.45. The van der Waals surface area contributed by atoms with Gasteiger partial charge in [0, 0.05) is 0 Å². The van der Waals surface area contributed by atoms with Gasteiger partial charge in [0.1, 0.15) is 0 Å². The van der Waals surface area contributed by atoms with Crippen molar-refractivity contribution in [1.82, 2.24) is 0 Å². The molecule has 0 nitrogen and oxygen atoms in total. The standard InChI is InChI=1S/C31H48/c1-2-3-4-5-6-7-8-9-10-11-12-13-14-15-16-17-18-19-20-23-29-26-27-30-24-21-22-25-31(30)28-29/h20-28H,2-19H2,1H3/b23-20+. The Hall–Kier alpha value is -1.56. The van der Waals surface area contributed by atoms with Crippen LogP contribution in [-0.2, 0) is 0 Å². The molecule has 0 aromatic heterocycles. The van der Waals surface area contributed by atoms with Gasteiger partial charge in [0.15, 0.2) is 0 Å². The van der Waals surface area contributed by atoms with Gasteiger partial charge < -0.3 is 0 Å². The van der Waals surface area contributed by atoms with E-state index in [0.29, 0.717) is 0 Å². The monoisotopic (exact) mass is 420 g/mol. The zero-order valence-corrected chi connectivity index (χ0v) is 20.4. The summed E-state index contributed by atoms with van der Waals surface area (Å²) >= 11 is 0. The average Bonchev–Trinajstić information content (AvgIpc) is 2.80. The Bertz CT molecular complexity index is 696. The topological polar surface area (TPSA) is 0 Å². The minimum Gasteiger partial charge on any atom is -0.0839 e. The fourth-order valence-electron chi connectivity index (χ4n) is 4.52. The fourth-order valence-corrected chi connectivity index (χ4v) is 4.52. The van der Waals surface area contributed by atoms with E-state index in [4.69, 9.17) is 0 Å². The normalized spacial score (nSPS) is 11.6. The van der Waals surface area contributed by atoms with E-state index in [2.05, 4.69) is 61.5 Å². The fraction of sp³-hybridized carbons (Fsp3) is 0.613. The van der Waals surface area contributed by atoms with Gasteiger partial charge in [-0.1, -0.05) is 158 Å². The summed E-state index contributed by atoms with van der Waals surface area (Å²) in [5, 5.41) is 2.66. The minimum absolute atomic E-state index is 1.21. The van der Waals surface area contributed by atoms with Crippen molar-refractivity contribution in [3.63, 3.8) is 0 Å². The Labute approximate surface area is 193 Å². The molecule has 0 aliphatic heterocycles. The summed E-state index contributed by atoms with van der Waals surface area (Å²) in [4.78, 5) is 0. The van der Waals surface area contributed by atoms with Crippen molar-refractivity contribution in [2.24, 2.45) is 0 Å². The highest BCUT2D eigenvalue weighted by Crippen LogP contribution is 2.17. The van der Waals surface area contributed by atoms with Crippen LogP contribution < -0.4 is 0 Å². The van der Waals surface area contributed by atoms with E-state index < -0.39 is 0 Å². The first kappa shape index (κ1) is 25.7. The van der Waals surface area contributed by atoms with E-state index in [-0.39, 0.29) is 0 Å². The second-order valence-corrected chi connectivity index (χ2v) is 9.45. The zero-order chi connectivity index (χ0) is 21.8. The van der Waals surface area contributed by atoms with Crippen LogP contribution >= 0.6 is 0 Å². The molecule has 172 valence electrons. The SMILES string of the molecule is CCCCCCCCCCCCCCCCCCC/C=C/c1ccc2ccccc2c1. The Morgan fingerprint density at radius 2 is 1.00 bits per heavy atom. The average molecular weight is 421 g/mol. The van der Waals surface area contributed by atoms with Gasteiger partial charge in [0.05, 0.1) is 0 Å². The molecule has 2 aromatic carbocycles. The van der Waals surface area contributed by atoms with E-state index in [1.165, 1.54) is 132 Å². The molecule has 0 heteroatoms. The number of allylic oxidation sites excluding steroid dienone is 1. The Kier molecular flexibility index (Phi) is 15.0. The second kappa shape index (κ2) is 18.1. The van der Waals surface area contributed by atoms with Crippen LogP contribution in [0, 0.1) is 0 Å². The third-order valence-electron chi connectivity index (χ3n) is 6.56. The molecule has 0 unspecified atom stereocenters. The van der Waals surface area contributed by atoms with Crippen molar-refractivity contribution < 1.29 is 0 Å². The van der Waals surface area contributed by atoms with Crippen molar-refractivity contribution in [3.8, 4) is 0 Å². The Balaban J connectivity index is 1.33. The highest BCUT2D eigenvalue weighted by Gasteiger charge is 1.95. The molecule has 0 heterocycles. The predicted octanol–water partition coefficient (Wildman–Crippen LogP) is 10.9. The first-order chi connectivity index (χ1) is 15.4. The molecule has 0 atom stereocenters. The Morgan fingerprint density at radius 1 is 0.516 bits per heavy atom. The molecule has 0 amide bonds. The summed E-state index contributed by atoms with van der Waals surface area (Å²) in [5.41, 5.74) is 1.32. The summed E-state index contributed by atoms with van der Waals surface area (Å²) in [6.07, 6.45) is 30.4. The van der Waals surface area contributed by atoms with Crippen LogP contribution in [0.3, 0.4) is 0 Å².